The summed E-state index contributed by atoms with van der Waals surface area (Å²) in [6, 6.07) is 13.2. The van der Waals surface area contributed by atoms with E-state index in [0.717, 1.165) is 5.56 Å². The highest BCUT2D eigenvalue weighted by molar-refractivity contribution is 7.87. The van der Waals surface area contributed by atoms with Crippen molar-refractivity contribution in [1.29, 1.82) is 0 Å². The van der Waals surface area contributed by atoms with Crippen molar-refractivity contribution >= 4 is 10.1 Å². The summed E-state index contributed by atoms with van der Waals surface area (Å²) in [5.41, 5.74) is 1.02. The molecule has 0 heterocycles. The molecule has 0 radical (unpaired) electrons. The lowest BCUT2D eigenvalue weighted by Gasteiger charge is -2.11. The fourth-order valence-corrected chi connectivity index (χ4v) is 2.97. The Hall–Kier alpha value is -2.05. The van der Waals surface area contributed by atoms with Crippen molar-refractivity contribution < 1.29 is 22.1 Å². The van der Waals surface area contributed by atoms with Gasteiger partial charge in [0.1, 0.15) is 23.0 Å². The van der Waals surface area contributed by atoms with Crippen LogP contribution in [0.5, 0.6) is 11.5 Å². The zero-order chi connectivity index (χ0) is 17.6. The Bertz CT molecular complexity index is 751. The Labute approximate surface area is 143 Å². The summed E-state index contributed by atoms with van der Waals surface area (Å²) in [6.07, 6.45) is 0. The van der Waals surface area contributed by atoms with Crippen molar-refractivity contribution in [2.24, 2.45) is 0 Å². The predicted octanol–water partition coefficient (Wildman–Crippen LogP) is 3.60. The van der Waals surface area contributed by atoms with Crippen molar-refractivity contribution in [3.05, 3.63) is 54.1 Å². The second kappa shape index (κ2) is 8.17. The van der Waals surface area contributed by atoms with E-state index >= 15 is 0 Å². The Kier molecular flexibility index (Phi) is 6.23. The van der Waals surface area contributed by atoms with Crippen LogP contribution in [0.1, 0.15) is 25.3 Å². The zero-order valence-electron chi connectivity index (χ0n) is 14.1. The van der Waals surface area contributed by atoms with Gasteiger partial charge in [0, 0.05) is 7.11 Å². The number of methoxy groups -OCH3 is 1. The second-order valence-electron chi connectivity index (χ2n) is 5.58. The molecule has 0 unspecified atom stereocenters. The molecule has 0 N–H and O–H groups in total. The Morgan fingerprint density at radius 1 is 0.958 bits per heavy atom. The summed E-state index contributed by atoms with van der Waals surface area (Å²) < 4.78 is 40.3. The first-order valence-electron chi connectivity index (χ1n) is 7.68. The molecule has 0 aromatic heterocycles. The van der Waals surface area contributed by atoms with Gasteiger partial charge in [-0.3, -0.25) is 0 Å². The highest BCUT2D eigenvalue weighted by atomic mass is 32.2. The van der Waals surface area contributed by atoms with Crippen molar-refractivity contribution in [1.82, 2.24) is 0 Å². The Morgan fingerprint density at radius 2 is 1.67 bits per heavy atom. The van der Waals surface area contributed by atoms with Crippen LogP contribution in [0, 0.1) is 0 Å². The predicted molar refractivity (Wildman–Crippen MR) is 92.2 cm³/mol. The summed E-state index contributed by atoms with van der Waals surface area (Å²) in [4.78, 5) is 0.0801. The van der Waals surface area contributed by atoms with Crippen molar-refractivity contribution in [2.75, 3.05) is 20.3 Å². The SMILES string of the molecule is COCCOc1ccc(S(=O)(=O)Oc2cccc(C(C)C)c2)cc1. The molecule has 2 aromatic rings. The monoisotopic (exact) mass is 350 g/mol. The average molecular weight is 350 g/mol. The van der Waals surface area contributed by atoms with Crippen LogP contribution in [0.2, 0.25) is 0 Å². The number of ether oxygens (including phenoxy) is 2. The van der Waals surface area contributed by atoms with E-state index in [1.54, 1.807) is 37.4 Å². The molecule has 0 fully saturated rings. The average Bonchev–Trinajstić information content (AvgIpc) is 2.55. The van der Waals surface area contributed by atoms with Crippen LogP contribution in [-0.2, 0) is 14.9 Å². The molecule has 0 spiro atoms. The lowest BCUT2D eigenvalue weighted by molar-refractivity contribution is 0.146. The van der Waals surface area contributed by atoms with Crippen LogP contribution in [0.3, 0.4) is 0 Å². The largest absolute Gasteiger partial charge is 0.491 e. The molecule has 0 bridgehead atoms. The molecule has 0 saturated carbocycles. The standard InChI is InChI=1S/C18H22O5S/c1-14(2)15-5-4-6-17(13-15)23-24(19,20)18-9-7-16(8-10-18)22-12-11-21-3/h4-10,13-14H,11-12H2,1-3H3. The first-order chi connectivity index (χ1) is 11.4. The van der Waals surface area contributed by atoms with Crippen LogP contribution in [0.15, 0.2) is 53.4 Å². The van der Waals surface area contributed by atoms with Gasteiger partial charge in [-0.2, -0.15) is 8.42 Å². The van der Waals surface area contributed by atoms with Crippen LogP contribution < -0.4 is 8.92 Å². The fourth-order valence-electron chi connectivity index (χ4n) is 2.05. The minimum atomic E-state index is -3.88. The molecule has 0 aliphatic rings. The molecule has 24 heavy (non-hydrogen) atoms. The second-order valence-corrected chi connectivity index (χ2v) is 7.12. The number of hydrogen-bond donors (Lipinski definition) is 0. The highest BCUT2D eigenvalue weighted by Gasteiger charge is 2.17. The van der Waals surface area contributed by atoms with Crippen LogP contribution in [0.25, 0.3) is 0 Å². The highest BCUT2D eigenvalue weighted by Crippen LogP contribution is 2.24. The van der Waals surface area contributed by atoms with Gasteiger partial charge in [-0.25, -0.2) is 0 Å². The van der Waals surface area contributed by atoms with Crippen molar-refractivity contribution in [3.63, 3.8) is 0 Å². The molecule has 6 heteroatoms. The quantitative estimate of drug-likeness (QED) is 0.538. The van der Waals surface area contributed by atoms with Crippen molar-refractivity contribution in [2.45, 2.75) is 24.7 Å². The van der Waals surface area contributed by atoms with E-state index in [1.165, 1.54) is 12.1 Å². The Morgan fingerprint density at radius 3 is 2.29 bits per heavy atom. The lowest BCUT2D eigenvalue weighted by atomic mass is 10.0. The molecule has 0 saturated heterocycles. The van der Waals surface area contributed by atoms with Gasteiger partial charge >= 0.3 is 10.1 Å². The summed E-state index contributed by atoms with van der Waals surface area (Å²) in [5, 5.41) is 0. The summed E-state index contributed by atoms with van der Waals surface area (Å²) in [6.45, 7) is 4.95. The van der Waals surface area contributed by atoms with Gasteiger partial charge in [-0.1, -0.05) is 26.0 Å². The number of rotatable bonds is 8. The van der Waals surface area contributed by atoms with E-state index in [4.69, 9.17) is 13.7 Å². The molecule has 0 aliphatic heterocycles. The number of benzene rings is 2. The van der Waals surface area contributed by atoms with Crippen LogP contribution >= 0.6 is 0 Å². The van der Waals surface area contributed by atoms with Crippen molar-refractivity contribution in [3.8, 4) is 11.5 Å². The summed E-state index contributed by atoms with van der Waals surface area (Å²) in [7, 11) is -2.29. The molecule has 0 amide bonds. The van der Waals surface area contributed by atoms with E-state index in [9.17, 15) is 8.42 Å². The van der Waals surface area contributed by atoms with Gasteiger partial charge in [0.25, 0.3) is 0 Å². The molecule has 0 atom stereocenters. The molecular weight excluding hydrogens is 328 g/mol. The smallest absolute Gasteiger partial charge is 0.339 e. The number of hydrogen-bond acceptors (Lipinski definition) is 5. The van der Waals surface area contributed by atoms with Gasteiger partial charge in [0.2, 0.25) is 0 Å². The maximum absolute atomic E-state index is 12.4. The first kappa shape index (κ1) is 18.3. The maximum Gasteiger partial charge on any atom is 0.339 e. The third-order valence-corrected chi connectivity index (χ3v) is 4.66. The van der Waals surface area contributed by atoms with E-state index in [1.807, 2.05) is 19.9 Å². The minimum Gasteiger partial charge on any atom is -0.491 e. The van der Waals surface area contributed by atoms with E-state index in [-0.39, 0.29) is 4.90 Å². The van der Waals surface area contributed by atoms with Gasteiger partial charge in [-0.05, 0) is 47.9 Å². The lowest BCUT2D eigenvalue weighted by Crippen LogP contribution is -2.10. The fraction of sp³-hybridized carbons (Fsp3) is 0.333. The summed E-state index contributed by atoms with van der Waals surface area (Å²) in [5.74, 6) is 1.18. The van der Waals surface area contributed by atoms with Gasteiger partial charge in [0.15, 0.2) is 0 Å². The van der Waals surface area contributed by atoms with Crippen LogP contribution in [0.4, 0.5) is 0 Å². The van der Waals surface area contributed by atoms with E-state index in [2.05, 4.69) is 0 Å². The van der Waals surface area contributed by atoms with E-state index in [0.29, 0.717) is 30.6 Å². The third kappa shape index (κ3) is 4.97. The van der Waals surface area contributed by atoms with Crippen LogP contribution in [-0.4, -0.2) is 28.7 Å². The molecular formula is C18H22O5S. The first-order valence-corrected chi connectivity index (χ1v) is 9.09. The van der Waals surface area contributed by atoms with Gasteiger partial charge < -0.3 is 13.7 Å². The Balaban J connectivity index is 2.11. The molecule has 130 valence electrons. The molecule has 5 nitrogen and oxygen atoms in total. The summed E-state index contributed by atoms with van der Waals surface area (Å²) >= 11 is 0. The zero-order valence-corrected chi connectivity index (χ0v) is 14.9. The normalized spacial score (nSPS) is 11.5. The van der Waals surface area contributed by atoms with E-state index < -0.39 is 10.1 Å². The topological polar surface area (TPSA) is 61.8 Å². The molecule has 2 aromatic carbocycles. The molecule has 0 aliphatic carbocycles. The maximum atomic E-state index is 12.4. The molecule has 2 rings (SSSR count). The third-order valence-electron chi connectivity index (χ3n) is 3.40. The minimum absolute atomic E-state index is 0.0801. The van der Waals surface area contributed by atoms with Gasteiger partial charge in [0.05, 0.1) is 6.61 Å². The van der Waals surface area contributed by atoms with Gasteiger partial charge in [-0.15, -0.1) is 0 Å².